The van der Waals surface area contributed by atoms with Crippen LogP contribution in [0.15, 0.2) is 36.4 Å². The number of carbonyl (C=O) groups is 1. The molecule has 3 rings (SSSR count). The maximum absolute atomic E-state index is 13.2. The molecule has 1 fully saturated rings. The van der Waals surface area contributed by atoms with E-state index in [4.69, 9.17) is 9.47 Å². The average Bonchev–Trinajstić information content (AvgIpc) is 3.13. The summed E-state index contributed by atoms with van der Waals surface area (Å²) in [6, 6.07) is 2.67. The zero-order valence-corrected chi connectivity index (χ0v) is 17.4. The molecule has 0 saturated carbocycles. The lowest BCUT2D eigenvalue weighted by Crippen LogP contribution is -2.52. The van der Waals surface area contributed by atoms with E-state index >= 15 is 0 Å². The van der Waals surface area contributed by atoms with Crippen molar-refractivity contribution in [2.45, 2.75) is 19.0 Å². The minimum absolute atomic E-state index is 0. The van der Waals surface area contributed by atoms with Gasteiger partial charge in [0.2, 0.25) is 6.79 Å². The zero-order valence-electron chi connectivity index (χ0n) is 16.6. The third-order valence-electron chi connectivity index (χ3n) is 4.70. The van der Waals surface area contributed by atoms with Crippen LogP contribution in [0.4, 0.5) is 13.2 Å². The number of rotatable bonds is 6. The van der Waals surface area contributed by atoms with Gasteiger partial charge in [0, 0.05) is 32.3 Å². The Morgan fingerprint density at radius 1 is 1.17 bits per heavy atom. The first-order valence-electron chi connectivity index (χ1n) is 9.40. The summed E-state index contributed by atoms with van der Waals surface area (Å²) in [7, 11) is 2.04. The number of ether oxygens (including phenoxy) is 2. The van der Waals surface area contributed by atoms with Crippen molar-refractivity contribution in [1.29, 1.82) is 0 Å². The summed E-state index contributed by atoms with van der Waals surface area (Å²) in [5.74, 6) is -0.324. The van der Waals surface area contributed by atoms with Crippen LogP contribution in [0.5, 0.6) is 11.5 Å². The van der Waals surface area contributed by atoms with E-state index in [0.29, 0.717) is 18.4 Å². The number of nitrogens with one attached hydrogen (secondary N) is 1. The van der Waals surface area contributed by atoms with Crippen molar-refractivity contribution in [3.63, 3.8) is 0 Å². The number of allylic oxidation sites excluding steroid dienone is 3. The first-order chi connectivity index (χ1) is 13.8. The molecule has 0 unspecified atom stereocenters. The third kappa shape index (κ3) is 6.65. The predicted octanol–water partition coefficient (Wildman–Crippen LogP) is 3.18. The number of likely N-dealkylation sites (N-methyl/N-ethyl adjacent to an activating group) is 1. The Balaban J connectivity index is 0.00000320. The number of halogens is 4. The van der Waals surface area contributed by atoms with E-state index in [1.165, 1.54) is 6.08 Å². The highest BCUT2D eigenvalue weighted by Crippen LogP contribution is 2.45. The normalized spacial score (nSPS) is 17.5. The maximum atomic E-state index is 13.2. The van der Waals surface area contributed by atoms with Gasteiger partial charge in [-0.1, -0.05) is 18.2 Å². The van der Waals surface area contributed by atoms with E-state index in [0.717, 1.165) is 32.2 Å². The predicted molar refractivity (Wildman–Crippen MR) is 109 cm³/mol. The van der Waals surface area contributed by atoms with Crippen molar-refractivity contribution in [3.8, 4) is 11.5 Å². The number of nitrogens with zero attached hydrogens (tertiary/aromatic N) is 2. The van der Waals surface area contributed by atoms with Gasteiger partial charge < -0.3 is 14.4 Å². The number of fused-ring (bicyclic) bond motifs is 1. The van der Waals surface area contributed by atoms with Crippen molar-refractivity contribution in [3.05, 3.63) is 47.6 Å². The van der Waals surface area contributed by atoms with Gasteiger partial charge in [-0.15, -0.1) is 12.4 Å². The van der Waals surface area contributed by atoms with Gasteiger partial charge in [0.05, 0.1) is 0 Å². The molecule has 6 nitrogen and oxygen atoms in total. The fourth-order valence-electron chi connectivity index (χ4n) is 3.10. The van der Waals surface area contributed by atoms with Crippen LogP contribution >= 0.6 is 12.4 Å². The molecule has 0 atom stereocenters. The number of carbonyl (C=O) groups excluding carboxylic acids is 1. The van der Waals surface area contributed by atoms with E-state index in [9.17, 15) is 18.0 Å². The van der Waals surface area contributed by atoms with E-state index in [2.05, 4.69) is 10.3 Å². The Kier molecular flexibility index (Phi) is 8.57. The van der Waals surface area contributed by atoms with Gasteiger partial charge in [-0.25, -0.2) is 5.01 Å². The molecule has 1 N–H and O–H groups in total. The zero-order chi connectivity index (χ0) is 20.9. The summed E-state index contributed by atoms with van der Waals surface area (Å²) in [6.07, 6.45) is 3.00. The van der Waals surface area contributed by atoms with Crippen molar-refractivity contribution in [1.82, 2.24) is 15.3 Å². The number of hydrazine groups is 1. The quantitative estimate of drug-likeness (QED) is 0.536. The monoisotopic (exact) mass is 447 g/mol. The summed E-state index contributed by atoms with van der Waals surface area (Å²) in [6.45, 7) is 3.16. The van der Waals surface area contributed by atoms with Crippen LogP contribution in [0.1, 0.15) is 17.5 Å². The van der Waals surface area contributed by atoms with Crippen molar-refractivity contribution < 1.29 is 27.4 Å². The highest BCUT2D eigenvalue weighted by atomic mass is 35.5. The standard InChI is InChI=1S/C20H24F3N3O3.ClH/c1-25-8-10-26(11-9-25)24-18(27)7-5-3-2-4-6-15-12-16(20(21,22)23)19-17(13-15)28-14-29-19;/h2-3,5,7,12-13H,4,6,8-11,14H2,1H3,(H,24,27);1H/b3-2+,7-5+;. The molecule has 2 heterocycles. The summed E-state index contributed by atoms with van der Waals surface area (Å²) in [5.41, 5.74) is 2.52. The Morgan fingerprint density at radius 3 is 2.60 bits per heavy atom. The molecule has 1 aromatic rings. The Hall–Kier alpha value is -2.23. The maximum Gasteiger partial charge on any atom is 0.420 e. The van der Waals surface area contributed by atoms with E-state index in [1.54, 1.807) is 24.3 Å². The first-order valence-corrected chi connectivity index (χ1v) is 9.40. The number of piperazine rings is 1. The van der Waals surface area contributed by atoms with Gasteiger partial charge in [0.1, 0.15) is 5.56 Å². The van der Waals surface area contributed by atoms with Gasteiger partial charge in [-0.2, -0.15) is 13.2 Å². The molecule has 10 heteroatoms. The number of hydrogen-bond donors (Lipinski definition) is 1. The van der Waals surface area contributed by atoms with Crippen LogP contribution in [-0.2, 0) is 17.4 Å². The Bertz CT molecular complexity index is 791. The SMILES string of the molecule is CN1CCN(NC(=O)/C=C/C=C/CCc2cc3c(c(C(F)(F)F)c2)OCO3)CC1.Cl. The number of benzene rings is 1. The highest BCUT2D eigenvalue weighted by molar-refractivity contribution is 5.87. The second kappa shape index (κ2) is 10.7. The average molecular weight is 448 g/mol. The molecule has 0 aliphatic carbocycles. The third-order valence-corrected chi connectivity index (χ3v) is 4.70. The molecule has 166 valence electrons. The van der Waals surface area contributed by atoms with E-state index in [1.807, 2.05) is 12.1 Å². The van der Waals surface area contributed by atoms with Gasteiger partial charge in [-0.05, 0) is 37.6 Å². The van der Waals surface area contributed by atoms with E-state index in [-0.39, 0.29) is 36.6 Å². The van der Waals surface area contributed by atoms with Crippen LogP contribution in [0.2, 0.25) is 0 Å². The summed E-state index contributed by atoms with van der Waals surface area (Å²) in [5, 5.41) is 1.88. The fraction of sp³-hybridized carbons (Fsp3) is 0.450. The lowest BCUT2D eigenvalue weighted by molar-refractivity contribution is -0.138. The smallest absolute Gasteiger partial charge is 0.420 e. The summed E-state index contributed by atoms with van der Waals surface area (Å²) >= 11 is 0. The van der Waals surface area contributed by atoms with Crippen LogP contribution in [0.25, 0.3) is 0 Å². The number of alkyl halides is 3. The Labute approximate surface area is 179 Å². The van der Waals surface area contributed by atoms with Gasteiger partial charge in [0.25, 0.3) is 5.91 Å². The Morgan fingerprint density at radius 2 is 1.90 bits per heavy atom. The molecule has 0 bridgehead atoms. The molecule has 2 aliphatic heterocycles. The van der Waals surface area contributed by atoms with Crippen molar-refractivity contribution >= 4 is 18.3 Å². The van der Waals surface area contributed by atoms with E-state index < -0.39 is 11.7 Å². The first kappa shape index (κ1) is 24.0. The molecule has 0 spiro atoms. The minimum Gasteiger partial charge on any atom is -0.454 e. The second-order valence-electron chi connectivity index (χ2n) is 6.97. The fourth-order valence-corrected chi connectivity index (χ4v) is 3.10. The molecular formula is C20H25ClF3N3O3. The lowest BCUT2D eigenvalue weighted by atomic mass is 10.0. The molecule has 1 amide bonds. The molecular weight excluding hydrogens is 423 g/mol. The summed E-state index contributed by atoms with van der Waals surface area (Å²) < 4.78 is 49.6. The van der Waals surface area contributed by atoms with Gasteiger partial charge in [0.15, 0.2) is 11.5 Å². The minimum atomic E-state index is -4.50. The highest BCUT2D eigenvalue weighted by Gasteiger charge is 2.38. The van der Waals surface area contributed by atoms with Crippen molar-refractivity contribution in [2.24, 2.45) is 0 Å². The van der Waals surface area contributed by atoms with Crippen LogP contribution in [0.3, 0.4) is 0 Å². The van der Waals surface area contributed by atoms with Gasteiger partial charge in [-0.3, -0.25) is 10.2 Å². The topological polar surface area (TPSA) is 54.0 Å². The largest absolute Gasteiger partial charge is 0.454 e. The number of aryl methyl sites for hydroxylation is 1. The molecule has 1 aromatic carbocycles. The second-order valence-corrected chi connectivity index (χ2v) is 6.97. The molecule has 30 heavy (non-hydrogen) atoms. The molecule has 0 aromatic heterocycles. The number of hydrogen-bond acceptors (Lipinski definition) is 5. The lowest BCUT2D eigenvalue weighted by Gasteiger charge is -2.31. The van der Waals surface area contributed by atoms with Gasteiger partial charge >= 0.3 is 6.18 Å². The van der Waals surface area contributed by atoms with Crippen molar-refractivity contribution in [2.75, 3.05) is 40.0 Å². The molecule has 1 saturated heterocycles. The van der Waals surface area contributed by atoms with Crippen LogP contribution in [-0.4, -0.2) is 55.8 Å². The van der Waals surface area contributed by atoms with Crippen LogP contribution in [0, 0.1) is 0 Å². The molecule has 2 aliphatic rings. The summed E-state index contributed by atoms with van der Waals surface area (Å²) in [4.78, 5) is 14.1. The number of amides is 1. The molecule has 0 radical (unpaired) electrons. The van der Waals surface area contributed by atoms with Crippen LogP contribution < -0.4 is 14.9 Å².